The van der Waals surface area contributed by atoms with Gasteiger partial charge in [0.1, 0.15) is 17.4 Å². The number of alkyl halides is 3. The monoisotopic (exact) mass is 585 g/mol. The molecule has 0 amide bonds. The van der Waals surface area contributed by atoms with Crippen molar-refractivity contribution in [3.63, 3.8) is 0 Å². The molecule has 0 spiro atoms. The SMILES string of the molecule is CC(C)(CN(CCCOc1cc(F)c(CO)c(S(C)(=O)=O)c1)Cc1cccc(C(F)(F)F)c1F)c1ccccc1. The van der Waals surface area contributed by atoms with E-state index in [1.54, 1.807) is 0 Å². The van der Waals surface area contributed by atoms with Crippen LogP contribution in [0.25, 0.3) is 0 Å². The van der Waals surface area contributed by atoms with Gasteiger partial charge in [-0.25, -0.2) is 17.2 Å². The highest BCUT2D eigenvalue weighted by molar-refractivity contribution is 7.90. The second-order valence-corrected chi connectivity index (χ2v) is 12.2. The largest absolute Gasteiger partial charge is 0.493 e. The number of aliphatic hydroxyl groups excluding tert-OH is 1. The van der Waals surface area contributed by atoms with Crippen LogP contribution in [0.15, 0.2) is 65.6 Å². The lowest BCUT2D eigenvalue weighted by Gasteiger charge is -2.33. The minimum absolute atomic E-state index is 0.0223. The summed E-state index contributed by atoms with van der Waals surface area (Å²) in [6.45, 7) is 3.76. The van der Waals surface area contributed by atoms with E-state index in [1.165, 1.54) is 12.1 Å². The third kappa shape index (κ3) is 8.02. The maximum Gasteiger partial charge on any atom is 0.419 e. The van der Waals surface area contributed by atoms with Crippen molar-refractivity contribution in [3.8, 4) is 5.75 Å². The Balaban J connectivity index is 1.79. The Kier molecular flexibility index (Phi) is 9.97. The minimum Gasteiger partial charge on any atom is -0.493 e. The molecule has 0 heterocycles. The zero-order valence-electron chi connectivity index (χ0n) is 22.4. The van der Waals surface area contributed by atoms with E-state index in [0.717, 1.165) is 24.0 Å². The maximum atomic E-state index is 14.9. The number of rotatable bonds is 12. The van der Waals surface area contributed by atoms with Gasteiger partial charge in [-0.1, -0.05) is 56.3 Å². The van der Waals surface area contributed by atoms with Crippen LogP contribution >= 0.6 is 0 Å². The molecule has 0 aliphatic heterocycles. The Bertz CT molecular complexity index is 1410. The van der Waals surface area contributed by atoms with E-state index in [2.05, 4.69) is 0 Å². The van der Waals surface area contributed by atoms with Crippen molar-refractivity contribution in [1.82, 2.24) is 4.90 Å². The van der Waals surface area contributed by atoms with Crippen molar-refractivity contribution in [1.29, 1.82) is 0 Å². The molecule has 0 atom stereocenters. The first-order valence-electron chi connectivity index (χ1n) is 12.5. The number of benzene rings is 3. The number of sulfone groups is 1. The minimum atomic E-state index is -4.83. The summed E-state index contributed by atoms with van der Waals surface area (Å²) in [5.74, 6) is -2.29. The molecule has 3 aromatic rings. The second kappa shape index (κ2) is 12.7. The number of halogens is 5. The van der Waals surface area contributed by atoms with Crippen molar-refractivity contribution < 1.29 is 40.2 Å². The standard InChI is InChI=1S/C29H32F5NO4S/c1-28(2,21-10-5-4-6-11-21)19-35(17-20-9-7-12-24(27(20)31)29(32,33)34)13-8-14-39-22-15-25(30)23(18-36)26(16-22)40(3,37)38/h4-7,9-12,15-16,36H,8,13-14,17-19H2,1-3H3. The molecule has 3 aromatic carbocycles. The number of nitrogens with zero attached hydrogens (tertiary/aromatic N) is 1. The van der Waals surface area contributed by atoms with Crippen LogP contribution < -0.4 is 4.74 Å². The molecule has 3 rings (SSSR count). The summed E-state index contributed by atoms with van der Waals surface area (Å²) in [6, 6.07) is 14.8. The predicted molar refractivity (Wildman–Crippen MR) is 142 cm³/mol. The van der Waals surface area contributed by atoms with Gasteiger partial charge in [0.2, 0.25) is 0 Å². The average Bonchev–Trinajstić information content (AvgIpc) is 2.86. The van der Waals surface area contributed by atoms with Crippen molar-refractivity contribution >= 4 is 9.84 Å². The number of aliphatic hydroxyl groups is 1. The number of ether oxygens (including phenoxy) is 1. The molecule has 11 heteroatoms. The molecular weight excluding hydrogens is 553 g/mol. The fraction of sp³-hybridized carbons (Fsp3) is 0.379. The molecule has 0 fully saturated rings. The topological polar surface area (TPSA) is 66.8 Å². The smallest absolute Gasteiger partial charge is 0.419 e. The molecule has 0 bridgehead atoms. The molecule has 0 saturated carbocycles. The fourth-order valence-corrected chi connectivity index (χ4v) is 5.49. The summed E-state index contributed by atoms with van der Waals surface area (Å²) in [6.07, 6.45) is -3.61. The summed E-state index contributed by atoms with van der Waals surface area (Å²) in [5.41, 5.74) is -1.22. The predicted octanol–water partition coefficient (Wildman–Crippen LogP) is 6.13. The van der Waals surface area contributed by atoms with Crippen molar-refractivity contribution in [2.75, 3.05) is 26.0 Å². The van der Waals surface area contributed by atoms with E-state index in [0.29, 0.717) is 25.6 Å². The van der Waals surface area contributed by atoms with Crippen molar-refractivity contribution in [3.05, 3.63) is 94.6 Å². The second-order valence-electron chi connectivity index (χ2n) is 10.3. The van der Waals surface area contributed by atoms with Gasteiger partial charge in [-0.3, -0.25) is 4.90 Å². The van der Waals surface area contributed by atoms with Crippen LogP contribution in [0.2, 0.25) is 0 Å². The van der Waals surface area contributed by atoms with Gasteiger partial charge in [0.25, 0.3) is 0 Å². The molecule has 0 unspecified atom stereocenters. The van der Waals surface area contributed by atoms with Crippen LogP contribution in [0, 0.1) is 11.6 Å². The summed E-state index contributed by atoms with van der Waals surface area (Å²) >= 11 is 0. The van der Waals surface area contributed by atoms with E-state index in [4.69, 9.17) is 4.74 Å². The maximum absolute atomic E-state index is 14.9. The van der Waals surface area contributed by atoms with Gasteiger partial charge in [-0.05, 0) is 24.1 Å². The van der Waals surface area contributed by atoms with E-state index < -0.39 is 45.2 Å². The molecule has 0 aromatic heterocycles. The summed E-state index contributed by atoms with van der Waals surface area (Å²) < 4.78 is 98.8. The zero-order valence-corrected chi connectivity index (χ0v) is 23.2. The molecule has 0 aliphatic carbocycles. The molecule has 0 radical (unpaired) electrons. The van der Waals surface area contributed by atoms with Gasteiger partial charge < -0.3 is 9.84 Å². The summed E-state index contributed by atoms with van der Waals surface area (Å²) in [5, 5.41) is 9.37. The lowest BCUT2D eigenvalue weighted by molar-refractivity contribution is -0.140. The summed E-state index contributed by atoms with van der Waals surface area (Å²) in [7, 11) is -3.84. The zero-order chi connectivity index (χ0) is 29.7. The van der Waals surface area contributed by atoms with Crippen molar-refractivity contribution in [2.45, 2.75) is 49.9 Å². The molecule has 0 aliphatic rings. The first-order valence-corrected chi connectivity index (χ1v) is 14.4. The van der Waals surface area contributed by atoms with Crippen LogP contribution in [-0.2, 0) is 34.6 Å². The molecule has 1 N–H and O–H groups in total. The molecule has 218 valence electrons. The van der Waals surface area contributed by atoms with Gasteiger partial charge in [-0.15, -0.1) is 0 Å². The first-order chi connectivity index (χ1) is 18.6. The highest BCUT2D eigenvalue weighted by atomic mass is 32.2. The molecule has 5 nitrogen and oxygen atoms in total. The van der Waals surface area contributed by atoms with Gasteiger partial charge in [0.05, 0.1) is 23.7 Å². The van der Waals surface area contributed by atoms with Gasteiger partial charge in [0, 0.05) is 48.5 Å². The van der Waals surface area contributed by atoms with E-state index >= 15 is 0 Å². The van der Waals surface area contributed by atoms with Crippen LogP contribution in [0.3, 0.4) is 0 Å². The molecular formula is C29H32F5NO4S. The quantitative estimate of drug-likeness (QED) is 0.205. The molecule has 0 saturated heterocycles. The number of hydrogen-bond donors (Lipinski definition) is 1. The average molecular weight is 586 g/mol. The van der Waals surface area contributed by atoms with E-state index in [1.807, 2.05) is 49.1 Å². The van der Waals surface area contributed by atoms with Crippen LogP contribution in [0.5, 0.6) is 5.75 Å². The Morgan fingerprint density at radius 3 is 2.25 bits per heavy atom. The summed E-state index contributed by atoms with van der Waals surface area (Å²) in [4.78, 5) is 1.45. The fourth-order valence-electron chi connectivity index (χ4n) is 4.55. The van der Waals surface area contributed by atoms with Crippen LogP contribution in [0.4, 0.5) is 22.0 Å². The third-order valence-electron chi connectivity index (χ3n) is 6.53. The van der Waals surface area contributed by atoms with E-state index in [9.17, 15) is 35.5 Å². The Morgan fingerprint density at radius 1 is 0.975 bits per heavy atom. The number of hydrogen-bond acceptors (Lipinski definition) is 5. The highest BCUT2D eigenvalue weighted by Gasteiger charge is 2.35. The van der Waals surface area contributed by atoms with Gasteiger partial charge >= 0.3 is 6.18 Å². The van der Waals surface area contributed by atoms with Gasteiger partial charge in [0.15, 0.2) is 9.84 Å². The lowest BCUT2D eigenvalue weighted by atomic mass is 9.84. The van der Waals surface area contributed by atoms with Crippen LogP contribution in [-0.4, -0.2) is 44.4 Å². The lowest BCUT2D eigenvalue weighted by Crippen LogP contribution is -2.38. The highest BCUT2D eigenvalue weighted by Crippen LogP contribution is 2.33. The Hall–Kier alpha value is -3.02. The van der Waals surface area contributed by atoms with Crippen molar-refractivity contribution in [2.24, 2.45) is 0 Å². The third-order valence-corrected chi connectivity index (χ3v) is 7.69. The first kappa shape index (κ1) is 31.5. The normalized spacial score (nSPS) is 12.7. The molecule has 40 heavy (non-hydrogen) atoms. The Labute approximate surface area is 231 Å². The Morgan fingerprint density at radius 2 is 1.65 bits per heavy atom. The van der Waals surface area contributed by atoms with Gasteiger partial charge in [-0.2, -0.15) is 13.2 Å². The van der Waals surface area contributed by atoms with Crippen LogP contribution in [0.1, 0.15) is 42.5 Å². The van der Waals surface area contributed by atoms with E-state index in [-0.39, 0.29) is 34.9 Å².